The van der Waals surface area contributed by atoms with E-state index in [-0.39, 0.29) is 11.1 Å². The van der Waals surface area contributed by atoms with Crippen LogP contribution >= 0.6 is 11.6 Å². The van der Waals surface area contributed by atoms with Gasteiger partial charge in [-0.1, -0.05) is 26.7 Å². The van der Waals surface area contributed by atoms with Crippen molar-refractivity contribution >= 4 is 21.4 Å². The van der Waals surface area contributed by atoms with Gasteiger partial charge in [0.15, 0.2) is 0 Å². The standard InChI is InChI=1S/C10H22ClNO2S/c1-4-9(5-2)10(11)8-12-6-7-15(3,13)14/h9-10,12H,4-8H2,1-3H3. The number of hydrogen-bond donors (Lipinski definition) is 1. The van der Waals surface area contributed by atoms with Gasteiger partial charge in [-0.2, -0.15) is 0 Å². The maximum Gasteiger partial charge on any atom is 0.148 e. The lowest BCUT2D eigenvalue weighted by Gasteiger charge is -2.19. The summed E-state index contributed by atoms with van der Waals surface area (Å²) in [5.74, 6) is 0.692. The molecular formula is C10H22ClNO2S. The molecule has 15 heavy (non-hydrogen) atoms. The van der Waals surface area contributed by atoms with Gasteiger partial charge < -0.3 is 5.32 Å². The normalized spacial score (nSPS) is 14.5. The number of sulfone groups is 1. The second-order valence-corrected chi connectivity index (χ2v) is 6.75. The number of hydrogen-bond acceptors (Lipinski definition) is 3. The summed E-state index contributed by atoms with van der Waals surface area (Å²) in [5.41, 5.74) is 0. The molecule has 0 aromatic heterocycles. The summed E-state index contributed by atoms with van der Waals surface area (Å²) >= 11 is 6.19. The van der Waals surface area contributed by atoms with Crippen LogP contribution in [0.1, 0.15) is 26.7 Å². The van der Waals surface area contributed by atoms with E-state index in [9.17, 15) is 8.42 Å². The molecule has 0 aliphatic heterocycles. The summed E-state index contributed by atoms with van der Waals surface area (Å²) in [6, 6.07) is 0. The van der Waals surface area contributed by atoms with Gasteiger partial charge in [0.25, 0.3) is 0 Å². The van der Waals surface area contributed by atoms with Gasteiger partial charge in [0.05, 0.1) is 5.75 Å². The summed E-state index contributed by atoms with van der Waals surface area (Å²) in [6.07, 6.45) is 3.38. The number of alkyl halides is 1. The lowest BCUT2D eigenvalue weighted by atomic mass is 9.99. The molecule has 1 N–H and O–H groups in total. The minimum Gasteiger partial charge on any atom is -0.314 e. The molecule has 0 aliphatic rings. The minimum atomic E-state index is -2.86. The Morgan fingerprint density at radius 2 is 1.80 bits per heavy atom. The molecule has 0 saturated heterocycles. The van der Waals surface area contributed by atoms with Crippen LogP contribution in [0.4, 0.5) is 0 Å². The quantitative estimate of drug-likeness (QED) is 0.530. The van der Waals surface area contributed by atoms with Crippen LogP contribution in [0.15, 0.2) is 0 Å². The highest BCUT2D eigenvalue weighted by atomic mass is 35.5. The zero-order chi connectivity index (χ0) is 11.9. The van der Waals surface area contributed by atoms with E-state index < -0.39 is 9.84 Å². The third-order valence-electron chi connectivity index (χ3n) is 2.55. The molecule has 1 unspecified atom stereocenters. The molecule has 0 rings (SSSR count). The third-order valence-corrected chi connectivity index (χ3v) is 4.01. The van der Waals surface area contributed by atoms with Crippen molar-refractivity contribution < 1.29 is 8.42 Å². The van der Waals surface area contributed by atoms with Crippen molar-refractivity contribution in [3.63, 3.8) is 0 Å². The largest absolute Gasteiger partial charge is 0.314 e. The lowest BCUT2D eigenvalue weighted by Crippen LogP contribution is -2.31. The average molecular weight is 256 g/mol. The van der Waals surface area contributed by atoms with Gasteiger partial charge in [-0.15, -0.1) is 11.6 Å². The molecule has 0 amide bonds. The van der Waals surface area contributed by atoms with Crippen LogP contribution in [-0.2, 0) is 9.84 Å². The molecule has 1 atom stereocenters. The smallest absolute Gasteiger partial charge is 0.148 e. The van der Waals surface area contributed by atoms with Gasteiger partial charge in [0.1, 0.15) is 9.84 Å². The van der Waals surface area contributed by atoms with Crippen molar-refractivity contribution in [3.05, 3.63) is 0 Å². The Kier molecular flexibility index (Phi) is 7.57. The average Bonchev–Trinajstić information content (AvgIpc) is 2.13. The summed E-state index contributed by atoms with van der Waals surface area (Å²) in [5, 5.41) is 3.18. The van der Waals surface area contributed by atoms with Gasteiger partial charge in [-0.3, -0.25) is 0 Å². The molecule has 0 fully saturated rings. The van der Waals surface area contributed by atoms with Crippen molar-refractivity contribution in [2.24, 2.45) is 5.92 Å². The molecule has 0 saturated carbocycles. The highest BCUT2D eigenvalue weighted by molar-refractivity contribution is 7.90. The van der Waals surface area contributed by atoms with Crippen LogP contribution in [0.25, 0.3) is 0 Å². The van der Waals surface area contributed by atoms with E-state index in [2.05, 4.69) is 19.2 Å². The van der Waals surface area contributed by atoms with Crippen molar-refractivity contribution in [1.82, 2.24) is 5.32 Å². The Morgan fingerprint density at radius 3 is 2.20 bits per heavy atom. The minimum absolute atomic E-state index is 0.0968. The fourth-order valence-electron chi connectivity index (χ4n) is 1.46. The van der Waals surface area contributed by atoms with Crippen molar-refractivity contribution in [2.75, 3.05) is 25.1 Å². The highest BCUT2D eigenvalue weighted by Gasteiger charge is 2.15. The van der Waals surface area contributed by atoms with Gasteiger partial charge in [0.2, 0.25) is 0 Å². The maximum atomic E-state index is 10.8. The molecule has 0 aromatic carbocycles. The summed E-state index contributed by atoms with van der Waals surface area (Å²) in [7, 11) is -2.86. The van der Waals surface area contributed by atoms with Gasteiger partial charge >= 0.3 is 0 Å². The van der Waals surface area contributed by atoms with Gasteiger partial charge in [-0.05, 0) is 5.92 Å². The van der Waals surface area contributed by atoms with E-state index in [0.29, 0.717) is 19.0 Å². The van der Waals surface area contributed by atoms with E-state index >= 15 is 0 Å². The van der Waals surface area contributed by atoms with Crippen LogP contribution < -0.4 is 5.32 Å². The Morgan fingerprint density at radius 1 is 1.27 bits per heavy atom. The first-order valence-corrected chi connectivity index (χ1v) is 7.92. The van der Waals surface area contributed by atoms with Crippen LogP contribution in [0.3, 0.4) is 0 Å². The fourth-order valence-corrected chi connectivity index (χ4v) is 2.44. The second kappa shape index (κ2) is 7.47. The van der Waals surface area contributed by atoms with Crippen LogP contribution in [0.2, 0.25) is 0 Å². The second-order valence-electron chi connectivity index (χ2n) is 3.93. The third kappa shape index (κ3) is 8.05. The predicted octanol–water partition coefficient (Wildman–Crippen LogP) is 1.66. The van der Waals surface area contributed by atoms with Crippen molar-refractivity contribution in [3.8, 4) is 0 Å². The van der Waals surface area contributed by atoms with Crippen LogP contribution in [-0.4, -0.2) is 38.9 Å². The molecule has 0 aromatic rings. The topological polar surface area (TPSA) is 46.2 Å². The van der Waals surface area contributed by atoms with Crippen molar-refractivity contribution in [1.29, 1.82) is 0 Å². The molecule has 0 radical (unpaired) electrons. The fraction of sp³-hybridized carbons (Fsp3) is 1.00. The number of nitrogens with one attached hydrogen (secondary N) is 1. The molecule has 5 heteroatoms. The van der Waals surface area contributed by atoms with Gasteiger partial charge in [0, 0.05) is 24.7 Å². The first kappa shape index (κ1) is 15.2. The monoisotopic (exact) mass is 255 g/mol. The zero-order valence-electron chi connectivity index (χ0n) is 9.79. The molecule has 0 heterocycles. The SMILES string of the molecule is CCC(CC)C(Cl)CNCCS(C)(=O)=O. The molecular weight excluding hydrogens is 234 g/mol. The summed E-state index contributed by atoms with van der Waals surface area (Å²) < 4.78 is 21.7. The molecule has 0 aliphatic carbocycles. The van der Waals surface area contributed by atoms with E-state index in [1.807, 2.05) is 0 Å². The first-order valence-electron chi connectivity index (χ1n) is 5.43. The summed E-state index contributed by atoms with van der Waals surface area (Å²) in [4.78, 5) is 0. The highest BCUT2D eigenvalue weighted by Crippen LogP contribution is 2.17. The Bertz CT molecular complexity index is 250. The molecule has 3 nitrogen and oxygen atoms in total. The van der Waals surface area contributed by atoms with E-state index in [1.165, 1.54) is 6.26 Å². The molecule has 92 valence electrons. The first-order chi connectivity index (χ1) is 6.90. The Hall–Kier alpha value is 0.200. The summed E-state index contributed by atoms with van der Waals surface area (Å²) in [6.45, 7) is 5.42. The number of halogens is 1. The predicted molar refractivity (Wildman–Crippen MR) is 66.3 cm³/mol. The van der Waals surface area contributed by atoms with E-state index in [0.717, 1.165) is 12.8 Å². The molecule has 0 bridgehead atoms. The van der Waals surface area contributed by atoms with Crippen molar-refractivity contribution in [2.45, 2.75) is 32.1 Å². The van der Waals surface area contributed by atoms with Crippen LogP contribution in [0.5, 0.6) is 0 Å². The van der Waals surface area contributed by atoms with E-state index in [1.54, 1.807) is 0 Å². The molecule has 0 spiro atoms. The van der Waals surface area contributed by atoms with E-state index in [4.69, 9.17) is 11.6 Å². The Labute approximate surface area is 98.5 Å². The van der Waals surface area contributed by atoms with Crippen LogP contribution in [0, 0.1) is 5.92 Å². The Balaban J connectivity index is 3.67. The van der Waals surface area contributed by atoms with Gasteiger partial charge in [-0.25, -0.2) is 8.42 Å². The lowest BCUT2D eigenvalue weighted by molar-refractivity contribution is 0.449. The maximum absolute atomic E-state index is 10.8. The number of rotatable bonds is 8. The zero-order valence-corrected chi connectivity index (χ0v) is 11.4.